The number of carbonyl (C=O) groups excluding carboxylic acids is 1. The van der Waals surface area contributed by atoms with Gasteiger partial charge in [0.25, 0.3) is 0 Å². The summed E-state index contributed by atoms with van der Waals surface area (Å²) in [5, 5.41) is 0. The standard InChI is InChI=1S/C19H29N3O3S/c1-15(23)21-11-8-16-6-7-18(12-17(16)13-21)26(24,25)20-14-19(2,3)22-9-4-5-10-22/h6-7,12,20H,4-5,8-11,13-14H2,1-3H3. The Bertz CT molecular complexity index is 783. The molecule has 0 aliphatic carbocycles. The molecule has 7 heteroatoms. The molecular formula is C19H29N3O3S. The van der Waals surface area contributed by atoms with Gasteiger partial charge in [-0.1, -0.05) is 6.07 Å². The van der Waals surface area contributed by atoms with Crippen LogP contribution in [0.2, 0.25) is 0 Å². The van der Waals surface area contributed by atoms with Crippen LogP contribution in [0.25, 0.3) is 0 Å². The Hall–Kier alpha value is -1.44. The topological polar surface area (TPSA) is 69.7 Å². The van der Waals surface area contributed by atoms with Crippen LogP contribution in [0, 0.1) is 0 Å². The first-order valence-electron chi connectivity index (χ1n) is 9.31. The third kappa shape index (κ3) is 4.10. The fourth-order valence-electron chi connectivity index (χ4n) is 3.76. The number of amides is 1. The predicted octanol–water partition coefficient (Wildman–Crippen LogP) is 1.74. The van der Waals surface area contributed by atoms with Gasteiger partial charge in [-0.15, -0.1) is 0 Å². The van der Waals surface area contributed by atoms with E-state index < -0.39 is 10.0 Å². The lowest BCUT2D eigenvalue weighted by Gasteiger charge is -2.35. The molecule has 3 rings (SSSR count). The van der Waals surface area contributed by atoms with Crippen LogP contribution < -0.4 is 4.72 Å². The molecule has 0 unspecified atom stereocenters. The van der Waals surface area contributed by atoms with Gasteiger partial charge in [-0.05, 0) is 69.5 Å². The molecule has 1 N–H and O–H groups in total. The second kappa shape index (κ2) is 7.29. The first kappa shape index (κ1) is 19.3. The number of hydrogen-bond donors (Lipinski definition) is 1. The molecule has 0 spiro atoms. The molecule has 0 bridgehead atoms. The van der Waals surface area contributed by atoms with E-state index in [0.717, 1.165) is 30.6 Å². The lowest BCUT2D eigenvalue weighted by molar-refractivity contribution is -0.129. The Labute approximate surface area is 156 Å². The molecule has 0 aromatic heterocycles. The highest BCUT2D eigenvalue weighted by molar-refractivity contribution is 7.89. The van der Waals surface area contributed by atoms with Gasteiger partial charge in [-0.2, -0.15) is 0 Å². The van der Waals surface area contributed by atoms with Crippen molar-refractivity contribution in [1.29, 1.82) is 0 Å². The molecule has 2 aliphatic rings. The van der Waals surface area contributed by atoms with Crippen LogP contribution in [0.15, 0.2) is 23.1 Å². The molecule has 2 heterocycles. The number of hydrogen-bond acceptors (Lipinski definition) is 4. The summed E-state index contributed by atoms with van der Waals surface area (Å²) in [4.78, 5) is 16.0. The van der Waals surface area contributed by atoms with Crippen LogP contribution in [-0.2, 0) is 27.8 Å². The maximum Gasteiger partial charge on any atom is 0.240 e. The van der Waals surface area contributed by atoms with E-state index in [4.69, 9.17) is 0 Å². The highest BCUT2D eigenvalue weighted by atomic mass is 32.2. The van der Waals surface area contributed by atoms with Crippen molar-refractivity contribution in [2.24, 2.45) is 0 Å². The summed E-state index contributed by atoms with van der Waals surface area (Å²) in [5.41, 5.74) is 1.84. The minimum Gasteiger partial charge on any atom is -0.338 e. The molecule has 1 amide bonds. The summed E-state index contributed by atoms with van der Waals surface area (Å²) in [5.74, 6) is 0.0226. The van der Waals surface area contributed by atoms with Gasteiger partial charge in [-0.3, -0.25) is 9.69 Å². The van der Waals surface area contributed by atoms with Crippen LogP contribution >= 0.6 is 0 Å². The maximum atomic E-state index is 12.8. The SMILES string of the molecule is CC(=O)N1CCc2ccc(S(=O)(=O)NCC(C)(C)N3CCCC3)cc2C1. The lowest BCUT2D eigenvalue weighted by Crippen LogP contribution is -2.50. The zero-order chi connectivity index (χ0) is 18.9. The Balaban J connectivity index is 1.73. The summed E-state index contributed by atoms with van der Waals surface area (Å²) in [6.07, 6.45) is 3.12. The van der Waals surface area contributed by atoms with Crippen molar-refractivity contribution in [3.63, 3.8) is 0 Å². The number of fused-ring (bicyclic) bond motifs is 1. The van der Waals surface area contributed by atoms with Gasteiger partial charge in [0.2, 0.25) is 15.9 Å². The van der Waals surface area contributed by atoms with Crippen molar-refractivity contribution in [2.75, 3.05) is 26.2 Å². The van der Waals surface area contributed by atoms with Gasteiger partial charge >= 0.3 is 0 Å². The number of nitrogens with zero attached hydrogens (tertiary/aromatic N) is 2. The molecule has 0 saturated carbocycles. The van der Waals surface area contributed by atoms with Gasteiger partial charge in [0, 0.05) is 32.1 Å². The van der Waals surface area contributed by atoms with Crippen LogP contribution in [0.3, 0.4) is 0 Å². The number of rotatable bonds is 5. The summed E-state index contributed by atoms with van der Waals surface area (Å²) in [6.45, 7) is 9.31. The first-order chi connectivity index (χ1) is 12.2. The predicted molar refractivity (Wildman–Crippen MR) is 101 cm³/mol. The molecule has 144 valence electrons. The normalized spacial score (nSPS) is 18.8. The van der Waals surface area contributed by atoms with E-state index in [0.29, 0.717) is 19.6 Å². The van der Waals surface area contributed by atoms with Crippen LogP contribution in [0.5, 0.6) is 0 Å². The molecule has 1 saturated heterocycles. The number of likely N-dealkylation sites (tertiary alicyclic amines) is 1. The largest absolute Gasteiger partial charge is 0.338 e. The van der Waals surface area contributed by atoms with Gasteiger partial charge in [0.15, 0.2) is 0 Å². The smallest absolute Gasteiger partial charge is 0.240 e. The molecule has 1 aromatic carbocycles. The fourth-order valence-corrected chi connectivity index (χ4v) is 5.01. The summed E-state index contributed by atoms with van der Waals surface area (Å²) in [7, 11) is -3.57. The number of benzene rings is 1. The van der Waals surface area contributed by atoms with Gasteiger partial charge < -0.3 is 4.90 Å². The quantitative estimate of drug-likeness (QED) is 0.846. The van der Waals surface area contributed by atoms with Crippen molar-refractivity contribution >= 4 is 15.9 Å². The third-order valence-electron chi connectivity index (χ3n) is 5.60. The molecular weight excluding hydrogens is 350 g/mol. The van der Waals surface area contributed by atoms with Crippen molar-refractivity contribution in [3.8, 4) is 0 Å². The zero-order valence-electron chi connectivity index (χ0n) is 15.9. The molecule has 26 heavy (non-hydrogen) atoms. The van der Waals surface area contributed by atoms with Crippen LogP contribution in [0.1, 0.15) is 44.7 Å². The Kier molecular flexibility index (Phi) is 5.42. The monoisotopic (exact) mass is 379 g/mol. The number of carbonyl (C=O) groups is 1. The van der Waals surface area contributed by atoms with Crippen molar-refractivity contribution in [2.45, 2.75) is 57.0 Å². The summed E-state index contributed by atoms with van der Waals surface area (Å²) in [6, 6.07) is 5.27. The molecule has 1 fully saturated rings. The zero-order valence-corrected chi connectivity index (χ0v) is 16.7. The Morgan fingerprint density at radius 3 is 2.50 bits per heavy atom. The first-order valence-corrected chi connectivity index (χ1v) is 10.8. The van der Waals surface area contributed by atoms with E-state index in [9.17, 15) is 13.2 Å². The second-order valence-electron chi connectivity index (χ2n) is 7.95. The van der Waals surface area contributed by atoms with Crippen molar-refractivity contribution in [1.82, 2.24) is 14.5 Å². The fraction of sp³-hybridized carbons (Fsp3) is 0.632. The highest BCUT2D eigenvalue weighted by Gasteiger charge is 2.31. The van der Waals surface area contributed by atoms with Crippen LogP contribution in [0.4, 0.5) is 0 Å². The minimum atomic E-state index is -3.57. The van der Waals surface area contributed by atoms with Crippen LogP contribution in [-0.4, -0.2) is 55.8 Å². The molecule has 0 atom stereocenters. The van der Waals surface area contributed by atoms with E-state index in [1.54, 1.807) is 24.0 Å². The van der Waals surface area contributed by atoms with Gasteiger partial charge in [0.05, 0.1) is 4.90 Å². The number of sulfonamides is 1. The number of nitrogens with one attached hydrogen (secondary N) is 1. The Morgan fingerprint density at radius 2 is 1.85 bits per heavy atom. The molecule has 0 radical (unpaired) electrons. The van der Waals surface area contributed by atoms with Crippen molar-refractivity contribution in [3.05, 3.63) is 29.3 Å². The van der Waals surface area contributed by atoms with E-state index in [2.05, 4.69) is 23.5 Å². The second-order valence-corrected chi connectivity index (χ2v) is 9.72. The lowest BCUT2D eigenvalue weighted by atomic mass is 10.00. The van der Waals surface area contributed by atoms with E-state index in [1.807, 2.05) is 6.07 Å². The molecule has 6 nitrogen and oxygen atoms in total. The third-order valence-corrected chi connectivity index (χ3v) is 7.00. The van der Waals surface area contributed by atoms with Gasteiger partial charge in [0.1, 0.15) is 0 Å². The van der Waals surface area contributed by atoms with Crippen molar-refractivity contribution < 1.29 is 13.2 Å². The highest BCUT2D eigenvalue weighted by Crippen LogP contribution is 2.24. The molecule has 2 aliphatic heterocycles. The maximum absolute atomic E-state index is 12.8. The average molecular weight is 380 g/mol. The summed E-state index contributed by atoms with van der Waals surface area (Å²) < 4.78 is 28.4. The van der Waals surface area contributed by atoms with Gasteiger partial charge in [-0.25, -0.2) is 13.1 Å². The average Bonchev–Trinajstić information content (AvgIpc) is 3.15. The minimum absolute atomic E-state index is 0.0226. The van der Waals surface area contributed by atoms with E-state index in [-0.39, 0.29) is 16.3 Å². The summed E-state index contributed by atoms with van der Waals surface area (Å²) >= 11 is 0. The Morgan fingerprint density at radius 1 is 1.15 bits per heavy atom. The van der Waals surface area contributed by atoms with E-state index in [1.165, 1.54) is 12.8 Å². The van der Waals surface area contributed by atoms with E-state index >= 15 is 0 Å². The molecule has 1 aromatic rings.